The van der Waals surface area contributed by atoms with Gasteiger partial charge in [-0.05, 0) is 50.1 Å². The highest BCUT2D eigenvalue weighted by atomic mass is 16.5. The number of anilines is 2. The van der Waals surface area contributed by atoms with E-state index in [0.29, 0.717) is 42.1 Å². The molecule has 0 spiro atoms. The summed E-state index contributed by atoms with van der Waals surface area (Å²) in [6.07, 6.45) is 1.15. The van der Waals surface area contributed by atoms with E-state index in [4.69, 9.17) is 10.00 Å². The standard InChI is InChI=1S/C25H27N5O3/c1-17-21(18(2)30(29-17)15-7-14-26)12-13-24(31)28-23-11-5-4-10-22(23)25(32)27-19-8-6-9-20(16-19)33-3/h4-6,8-11,16H,7,12-13,15H2,1-3H3,(H,27,32)(H,28,31). The monoisotopic (exact) mass is 445 g/mol. The van der Waals surface area contributed by atoms with Crippen molar-refractivity contribution in [1.82, 2.24) is 9.78 Å². The maximum absolute atomic E-state index is 12.8. The molecule has 3 rings (SSSR count). The lowest BCUT2D eigenvalue weighted by atomic mass is 10.1. The number of carbonyl (C=O) groups is 2. The van der Waals surface area contributed by atoms with Crippen LogP contribution in [0.4, 0.5) is 11.4 Å². The number of hydrogen-bond donors (Lipinski definition) is 2. The number of benzene rings is 2. The van der Waals surface area contributed by atoms with Gasteiger partial charge < -0.3 is 15.4 Å². The summed E-state index contributed by atoms with van der Waals surface area (Å²) in [6.45, 7) is 4.38. The van der Waals surface area contributed by atoms with E-state index >= 15 is 0 Å². The highest BCUT2D eigenvalue weighted by molar-refractivity contribution is 6.10. The first-order chi connectivity index (χ1) is 15.9. The fourth-order valence-electron chi connectivity index (χ4n) is 3.61. The summed E-state index contributed by atoms with van der Waals surface area (Å²) < 4.78 is 7.00. The fourth-order valence-corrected chi connectivity index (χ4v) is 3.61. The molecule has 0 radical (unpaired) electrons. The summed E-state index contributed by atoms with van der Waals surface area (Å²) in [5.74, 6) is 0.112. The smallest absolute Gasteiger partial charge is 0.257 e. The molecular formula is C25H27N5O3. The van der Waals surface area contributed by atoms with Crippen LogP contribution < -0.4 is 15.4 Å². The third kappa shape index (κ3) is 5.98. The first kappa shape index (κ1) is 23.5. The normalized spacial score (nSPS) is 10.4. The van der Waals surface area contributed by atoms with Crippen LogP contribution in [0.5, 0.6) is 5.75 Å². The largest absolute Gasteiger partial charge is 0.497 e. The van der Waals surface area contributed by atoms with Gasteiger partial charge in [-0.2, -0.15) is 10.4 Å². The minimum atomic E-state index is -0.329. The zero-order chi connectivity index (χ0) is 23.8. The SMILES string of the molecule is COc1cccc(NC(=O)c2ccccc2NC(=O)CCc2c(C)nn(CCC#N)c2C)c1. The summed E-state index contributed by atoms with van der Waals surface area (Å²) in [5, 5.41) is 19.0. The highest BCUT2D eigenvalue weighted by Gasteiger charge is 2.16. The summed E-state index contributed by atoms with van der Waals surface area (Å²) in [5.41, 5.74) is 4.24. The second kappa shape index (κ2) is 11.0. The Labute approximate surface area is 193 Å². The second-order valence-electron chi connectivity index (χ2n) is 7.56. The number of methoxy groups -OCH3 is 1. The van der Waals surface area contributed by atoms with E-state index in [-0.39, 0.29) is 18.2 Å². The number of ether oxygens (including phenoxy) is 1. The minimum absolute atomic E-state index is 0.194. The van der Waals surface area contributed by atoms with E-state index in [9.17, 15) is 9.59 Å². The summed E-state index contributed by atoms with van der Waals surface area (Å²) in [4.78, 5) is 25.5. The molecule has 0 bridgehead atoms. The van der Waals surface area contributed by atoms with E-state index in [0.717, 1.165) is 17.0 Å². The number of amides is 2. The molecule has 33 heavy (non-hydrogen) atoms. The van der Waals surface area contributed by atoms with E-state index in [1.54, 1.807) is 55.6 Å². The first-order valence-electron chi connectivity index (χ1n) is 10.7. The van der Waals surface area contributed by atoms with Crippen molar-refractivity contribution < 1.29 is 14.3 Å². The van der Waals surface area contributed by atoms with Gasteiger partial charge in [0.15, 0.2) is 0 Å². The molecule has 0 aliphatic carbocycles. The lowest BCUT2D eigenvalue weighted by Gasteiger charge is -2.12. The van der Waals surface area contributed by atoms with Gasteiger partial charge in [-0.3, -0.25) is 14.3 Å². The Kier molecular flexibility index (Phi) is 7.82. The van der Waals surface area contributed by atoms with Gasteiger partial charge in [0, 0.05) is 23.9 Å². The number of hydrogen-bond acceptors (Lipinski definition) is 5. The Balaban J connectivity index is 1.66. The molecule has 0 saturated carbocycles. The van der Waals surface area contributed by atoms with E-state index in [1.165, 1.54) is 0 Å². The van der Waals surface area contributed by atoms with E-state index in [1.807, 2.05) is 18.5 Å². The Bertz CT molecular complexity index is 1190. The average molecular weight is 446 g/mol. The van der Waals surface area contributed by atoms with Gasteiger partial charge in [-0.25, -0.2) is 0 Å². The van der Waals surface area contributed by atoms with Crippen LogP contribution in [0.2, 0.25) is 0 Å². The first-order valence-corrected chi connectivity index (χ1v) is 10.7. The number of aromatic nitrogens is 2. The number of carbonyl (C=O) groups excluding carboxylic acids is 2. The van der Waals surface area contributed by atoms with E-state index < -0.39 is 0 Å². The minimum Gasteiger partial charge on any atom is -0.497 e. The van der Waals surface area contributed by atoms with Crippen molar-refractivity contribution >= 4 is 23.2 Å². The van der Waals surface area contributed by atoms with E-state index in [2.05, 4.69) is 21.8 Å². The predicted molar refractivity (Wildman–Crippen MR) is 126 cm³/mol. The number of para-hydroxylation sites is 1. The molecule has 0 fully saturated rings. The maximum Gasteiger partial charge on any atom is 0.257 e. The predicted octanol–water partition coefficient (Wildman–Crippen LogP) is 4.25. The topological polar surface area (TPSA) is 109 Å². The zero-order valence-electron chi connectivity index (χ0n) is 19.0. The Morgan fingerprint density at radius 2 is 1.91 bits per heavy atom. The molecule has 8 nitrogen and oxygen atoms in total. The summed E-state index contributed by atoms with van der Waals surface area (Å²) in [7, 11) is 1.56. The van der Waals surface area contributed by atoms with Crippen LogP contribution >= 0.6 is 0 Å². The van der Waals surface area contributed by atoms with Gasteiger partial charge >= 0.3 is 0 Å². The van der Waals surface area contributed by atoms with Crippen molar-refractivity contribution in [3.63, 3.8) is 0 Å². The Morgan fingerprint density at radius 3 is 2.67 bits per heavy atom. The van der Waals surface area contributed by atoms with Crippen LogP contribution in [0, 0.1) is 25.2 Å². The molecule has 1 aromatic heterocycles. The molecule has 2 amide bonds. The quantitative estimate of drug-likeness (QED) is 0.512. The van der Waals surface area contributed by atoms with Crippen molar-refractivity contribution in [2.45, 2.75) is 39.7 Å². The fraction of sp³-hybridized carbons (Fsp3) is 0.280. The van der Waals surface area contributed by atoms with Crippen molar-refractivity contribution in [2.75, 3.05) is 17.7 Å². The molecule has 0 atom stereocenters. The molecule has 2 aromatic carbocycles. The third-order valence-corrected chi connectivity index (χ3v) is 5.34. The number of nitriles is 1. The van der Waals surface area contributed by atoms with Crippen LogP contribution in [-0.2, 0) is 17.8 Å². The van der Waals surface area contributed by atoms with Crippen molar-refractivity contribution in [3.05, 3.63) is 71.0 Å². The maximum atomic E-state index is 12.8. The molecule has 0 saturated heterocycles. The lowest BCUT2D eigenvalue weighted by Crippen LogP contribution is -2.18. The number of nitrogens with zero attached hydrogens (tertiary/aromatic N) is 3. The molecule has 0 aliphatic heterocycles. The molecule has 8 heteroatoms. The van der Waals surface area contributed by atoms with Gasteiger partial charge in [-0.1, -0.05) is 18.2 Å². The van der Waals surface area contributed by atoms with Crippen molar-refractivity contribution in [3.8, 4) is 11.8 Å². The highest BCUT2D eigenvalue weighted by Crippen LogP contribution is 2.21. The van der Waals surface area contributed by atoms with Gasteiger partial charge in [-0.15, -0.1) is 0 Å². The lowest BCUT2D eigenvalue weighted by molar-refractivity contribution is -0.116. The number of aryl methyl sites for hydroxylation is 2. The van der Waals surface area contributed by atoms with Gasteiger partial charge in [0.1, 0.15) is 5.75 Å². The Hall–Kier alpha value is -4.12. The number of rotatable bonds is 9. The van der Waals surface area contributed by atoms with Crippen LogP contribution in [0.3, 0.4) is 0 Å². The molecule has 3 aromatic rings. The summed E-state index contributed by atoms with van der Waals surface area (Å²) >= 11 is 0. The van der Waals surface area contributed by atoms with Crippen LogP contribution in [0.15, 0.2) is 48.5 Å². The van der Waals surface area contributed by atoms with Crippen LogP contribution in [-0.4, -0.2) is 28.7 Å². The van der Waals surface area contributed by atoms with Crippen molar-refractivity contribution in [2.24, 2.45) is 0 Å². The Morgan fingerprint density at radius 1 is 1.12 bits per heavy atom. The molecule has 0 aliphatic rings. The van der Waals surface area contributed by atoms with Gasteiger partial charge in [0.25, 0.3) is 5.91 Å². The van der Waals surface area contributed by atoms with Gasteiger partial charge in [0.2, 0.25) is 5.91 Å². The van der Waals surface area contributed by atoms with Crippen LogP contribution in [0.25, 0.3) is 0 Å². The molecule has 1 heterocycles. The molecule has 2 N–H and O–H groups in total. The summed E-state index contributed by atoms with van der Waals surface area (Å²) in [6, 6.07) is 16.1. The molecular weight excluding hydrogens is 418 g/mol. The molecule has 170 valence electrons. The van der Waals surface area contributed by atoms with Gasteiger partial charge in [0.05, 0.1) is 43.1 Å². The molecule has 0 unspecified atom stereocenters. The van der Waals surface area contributed by atoms with Crippen molar-refractivity contribution in [1.29, 1.82) is 5.26 Å². The van der Waals surface area contributed by atoms with Crippen LogP contribution in [0.1, 0.15) is 40.2 Å². The number of nitrogens with one attached hydrogen (secondary N) is 2. The second-order valence-corrected chi connectivity index (χ2v) is 7.56. The zero-order valence-corrected chi connectivity index (χ0v) is 19.0. The third-order valence-electron chi connectivity index (χ3n) is 5.34. The average Bonchev–Trinajstić information content (AvgIpc) is 3.08.